The minimum absolute atomic E-state index is 0.221. The summed E-state index contributed by atoms with van der Waals surface area (Å²) in [6.45, 7) is 6.00. The molecule has 1 aromatic rings. The van der Waals surface area contributed by atoms with Gasteiger partial charge in [-0.15, -0.1) is 0 Å². The van der Waals surface area contributed by atoms with E-state index in [-0.39, 0.29) is 5.60 Å². The van der Waals surface area contributed by atoms with E-state index >= 15 is 0 Å². The molecule has 2 atom stereocenters. The maximum absolute atomic E-state index is 6.29. The monoisotopic (exact) mass is 341 g/mol. The first-order chi connectivity index (χ1) is 9.64. The highest BCUT2D eigenvalue weighted by atomic mass is 79.9. The number of fused-ring (bicyclic) bond motifs is 1. The lowest BCUT2D eigenvalue weighted by Crippen LogP contribution is -2.47. The van der Waals surface area contributed by atoms with Crippen molar-refractivity contribution in [2.24, 2.45) is 0 Å². The number of nitrogens with one attached hydrogen (secondary N) is 1. The van der Waals surface area contributed by atoms with Crippen LogP contribution in [-0.4, -0.2) is 25.9 Å². The summed E-state index contributed by atoms with van der Waals surface area (Å²) in [5, 5.41) is 3.65. The molecule has 0 radical (unpaired) electrons. The van der Waals surface area contributed by atoms with Crippen LogP contribution >= 0.6 is 15.9 Å². The minimum atomic E-state index is -0.221. The summed E-state index contributed by atoms with van der Waals surface area (Å²) in [5.41, 5.74) is 1.02. The first-order valence-corrected chi connectivity index (χ1v) is 8.14. The van der Waals surface area contributed by atoms with Crippen LogP contribution in [-0.2, 0) is 4.74 Å². The predicted molar refractivity (Wildman–Crippen MR) is 85.3 cm³/mol. The lowest BCUT2D eigenvalue weighted by molar-refractivity contribution is -0.0370. The van der Waals surface area contributed by atoms with Crippen molar-refractivity contribution >= 4 is 15.9 Å². The molecule has 2 unspecified atom stereocenters. The van der Waals surface area contributed by atoms with Crippen LogP contribution in [0.15, 0.2) is 22.7 Å². The summed E-state index contributed by atoms with van der Waals surface area (Å²) >= 11 is 3.55. The largest absolute Gasteiger partial charge is 0.484 e. The molecule has 0 fully saturated rings. The van der Waals surface area contributed by atoms with Gasteiger partial charge in [0.1, 0.15) is 11.4 Å². The van der Waals surface area contributed by atoms with Crippen molar-refractivity contribution in [2.75, 3.05) is 20.3 Å². The minimum Gasteiger partial charge on any atom is -0.484 e. The zero-order valence-corrected chi connectivity index (χ0v) is 14.1. The van der Waals surface area contributed by atoms with Gasteiger partial charge in [0.2, 0.25) is 0 Å². The van der Waals surface area contributed by atoms with Crippen molar-refractivity contribution < 1.29 is 9.47 Å². The molecule has 0 saturated heterocycles. The average molecular weight is 342 g/mol. The standard InChI is InChI=1S/C16H24BrNO2/c1-4-8-18-14-10-16(5-2,11-19-3)20-15-7-6-12(17)9-13(14)15/h6-7,9,14,18H,4-5,8,10-11H2,1-3H3. The second-order valence-corrected chi connectivity index (χ2v) is 6.38. The van der Waals surface area contributed by atoms with Crippen molar-refractivity contribution in [3.05, 3.63) is 28.2 Å². The summed E-state index contributed by atoms with van der Waals surface area (Å²) in [6, 6.07) is 6.58. The summed E-state index contributed by atoms with van der Waals surface area (Å²) < 4.78 is 12.8. The Morgan fingerprint density at radius 3 is 2.90 bits per heavy atom. The number of benzene rings is 1. The molecule has 1 aliphatic rings. The molecule has 1 aliphatic heterocycles. The predicted octanol–water partition coefficient (Wildman–Crippen LogP) is 4.07. The number of hydrogen-bond donors (Lipinski definition) is 1. The van der Waals surface area contributed by atoms with Gasteiger partial charge in [-0.05, 0) is 37.6 Å². The average Bonchev–Trinajstić information content (AvgIpc) is 2.45. The molecule has 1 heterocycles. The maximum atomic E-state index is 6.29. The molecular weight excluding hydrogens is 318 g/mol. The first kappa shape index (κ1) is 15.8. The second-order valence-electron chi connectivity index (χ2n) is 5.46. The van der Waals surface area contributed by atoms with Crippen LogP contribution in [0.25, 0.3) is 0 Å². The number of halogens is 1. The Hall–Kier alpha value is -0.580. The Labute approximate surface area is 130 Å². The van der Waals surface area contributed by atoms with Gasteiger partial charge in [-0.1, -0.05) is 29.8 Å². The zero-order valence-electron chi connectivity index (χ0n) is 12.5. The molecule has 1 N–H and O–H groups in total. The van der Waals surface area contributed by atoms with E-state index in [1.165, 1.54) is 5.56 Å². The fraction of sp³-hybridized carbons (Fsp3) is 0.625. The Kier molecular flexibility index (Phi) is 5.47. The van der Waals surface area contributed by atoms with Crippen LogP contribution in [0.3, 0.4) is 0 Å². The van der Waals surface area contributed by atoms with Gasteiger partial charge in [-0.3, -0.25) is 0 Å². The summed E-state index contributed by atoms with van der Waals surface area (Å²) in [7, 11) is 1.74. The molecular formula is C16H24BrNO2. The molecule has 0 amide bonds. The highest BCUT2D eigenvalue weighted by Gasteiger charge is 2.39. The van der Waals surface area contributed by atoms with Crippen molar-refractivity contribution in [1.29, 1.82) is 0 Å². The second kappa shape index (κ2) is 6.92. The summed E-state index contributed by atoms with van der Waals surface area (Å²) in [6.07, 6.45) is 3.02. The van der Waals surface area contributed by atoms with Crippen LogP contribution < -0.4 is 10.1 Å². The molecule has 20 heavy (non-hydrogen) atoms. The van der Waals surface area contributed by atoms with Crippen molar-refractivity contribution in [2.45, 2.75) is 44.8 Å². The lowest BCUT2D eigenvalue weighted by atomic mass is 9.85. The van der Waals surface area contributed by atoms with Gasteiger partial charge in [-0.25, -0.2) is 0 Å². The summed E-state index contributed by atoms with van der Waals surface area (Å²) in [5.74, 6) is 0.979. The summed E-state index contributed by atoms with van der Waals surface area (Å²) in [4.78, 5) is 0. The van der Waals surface area contributed by atoms with Crippen LogP contribution in [0.1, 0.15) is 44.7 Å². The highest BCUT2D eigenvalue weighted by Crippen LogP contribution is 2.42. The fourth-order valence-electron chi connectivity index (χ4n) is 2.81. The van der Waals surface area contributed by atoms with Gasteiger partial charge < -0.3 is 14.8 Å². The SMILES string of the molecule is CCCNC1CC(CC)(COC)Oc2ccc(Br)cc21. The zero-order chi connectivity index (χ0) is 14.6. The maximum Gasteiger partial charge on any atom is 0.134 e. The Balaban J connectivity index is 2.32. The molecule has 4 heteroatoms. The molecule has 3 nitrogen and oxygen atoms in total. The van der Waals surface area contributed by atoms with E-state index in [9.17, 15) is 0 Å². The van der Waals surface area contributed by atoms with E-state index in [1.54, 1.807) is 7.11 Å². The van der Waals surface area contributed by atoms with Gasteiger partial charge in [0, 0.05) is 29.6 Å². The van der Waals surface area contributed by atoms with Gasteiger partial charge >= 0.3 is 0 Å². The van der Waals surface area contributed by atoms with E-state index in [1.807, 2.05) is 6.07 Å². The highest BCUT2D eigenvalue weighted by molar-refractivity contribution is 9.10. The quantitative estimate of drug-likeness (QED) is 0.845. The van der Waals surface area contributed by atoms with Crippen LogP contribution in [0, 0.1) is 0 Å². The van der Waals surface area contributed by atoms with E-state index in [0.29, 0.717) is 12.6 Å². The number of hydrogen-bond acceptors (Lipinski definition) is 3. The van der Waals surface area contributed by atoms with Gasteiger partial charge in [-0.2, -0.15) is 0 Å². The third-order valence-electron chi connectivity index (χ3n) is 3.94. The molecule has 0 bridgehead atoms. The Bertz CT molecular complexity index is 452. The molecule has 0 aromatic heterocycles. The molecule has 0 saturated carbocycles. The van der Waals surface area contributed by atoms with Crippen LogP contribution in [0.4, 0.5) is 0 Å². The van der Waals surface area contributed by atoms with Gasteiger partial charge in [0.25, 0.3) is 0 Å². The van der Waals surface area contributed by atoms with E-state index < -0.39 is 0 Å². The van der Waals surface area contributed by atoms with Gasteiger partial charge in [0.15, 0.2) is 0 Å². The molecule has 2 rings (SSSR count). The Morgan fingerprint density at radius 1 is 1.45 bits per heavy atom. The molecule has 0 aliphatic carbocycles. The number of ether oxygens (including phenoxy) is 2. The number of methoxy groups -OCH3 is 1. The lowest BCUT2D eigenvalue weighted by Gasteiger charge is -2.42. The van der Waals surface area contributed by atoms with E-state index in [2.05, 4.69) is 47.2 Å². The number of rotatable bonds is 6. The molecule has 1 aromatic carbocycles. The van der Waals surface area contributed by atoms with Crippen LogP contribution in [0.5, 0.6) is 5.75 Å². The van der Waals surface area contributed by atoms with E-state index in [4.69, 9.17) is 9.47 Å². The molecule has 112 valence electrons. The van der Waals surface area contributed by atoms with Crippen molar-refractivity contribution in [1.82, 2.24) is 5.32 Å². The normalized spacial score (nSPS) is 25.1. The molecule has 0 spiro atoms. The first-order valence-electron chi connectivity index (χ1n) is 7.35. The third kappa shape index (κ3) is 3.35. The van der Waals surface area contributed by atoms with E-state index in [0.717, 1.165) is 36.0 Å². The van der Waals surface area contributed by atoms with Crippen molar-refractivity contribution in [3.8, 4) is 5.75 Å². The third-order valence-corrected chi connectivity index (χ3v) is 4.44. The topological polar surface area (TPSA) is 30.5 Å². The van der Waals surface area contributed by atoms with Gasteiger partial charge in [0.05, 0.1) is 6.61 Å². The Morgan fingerprint density at radius 2 is 2.25 bits per heavy atom. The fourth-order valence-corrected chi connectivity index (χ4v) is 3.19. The smallest absolute Gasteiger partial charge is 0.134 e. The van der Waals surface area contributed by atoms with Crippen LogP contribution in [0.2, 0.25) is 0 Å². The van der Waals surface area contributed by atoms with Crippen molar-refractivity contribution in [3.63, 3.8) is 0 Å².